The van der Waals surface area contributed by atoms with E-state index in [4.69, 9.17) is 5.73 Å². The Morgan fingerprint density at radius 2 is 1.75 bits per heavy atom. The lowest BCUT2D eigenvalue weighted by Crippen LogP contribution is -2.20. The standard InChI is InChI=1S/C12H15F2NO/c13-8-5-6-9(14)12(16)10(8)11(15)7-3-1-2-4-7/h5-7,11,16H,1-4,15H2/t11-/m0/s1. The van der Waals surface area contributed by atoms with Crippen LogP contribution in [0, 0.1) is 17.6 Å². The Hall–Kier alpha value is -1.16. The summed E-state index contributed by atoms with van der Waals surface area (Å²) in [5, 5.41) is 9.51. The Labute approximate surface area is 93.1 Å². The van der Waals surface area contributed by atoms with Gasteiger partial charge in [0.15, 0.2) is 11.6 Å². The fourth-order valence-electron chi connectivity index (χ4n) is 2.43. The minimum absolute atomic E-state index is 0.0769. The van der Waals surface area contributed by atoms with Crippen LogP contribution in [-0.2, 0) is 0 Å². The second-order valence-corrected chi connectivity index (χ2v) is 4.36. The maximum absolute atomic E-state index is 13.5. The topological polar surface area (TPSA) is 46.2 Å². The molecule has 4 heteroatoms. The highest BCUT2D eigenvalue weighted by Gasteiger charge is 2.28. The molecule has 0 radical (unpaired) electrons. The first-order valence-corrected chi connectivity index (χ1v) is 5.53. The molecule has 0 bridgehead atoms. The highest BCUT2D eigenvalue weighted by Crippen LogP contribution is 2.39. The van der Waals surface area contributed by atoms with Gasteiger partial charge in [-0.15, -0.1) is 0 Å². The largest absolute Gasteiger partial charge is 0.505 e. The van der Waals surface area contributed by atoms with Crippen molar-refractivity contribution in [1.29, 1.82) is 0 Å². The van der Waals surface area contributed by atoms with Crippen LogP contribution in [-0.4, -0.2) is 5.11 Å². The predicted molar refractivity (Wildman–Crippen MR) is 56.9 cm³/mol. The van der Waals surface area contributed by atoms with Gasteiger partial charge in [-0.25, -0.2) is 8.78 Å². The van der Waals surface area contributed by atoms with E-state index >= 15 is 0 Å². The number of phenols is 1. The maximum atomic E-state index is 13.5. The Morgan fingerprint density at radius 1 is 1.19 bits per heavy atom. The van der Waals surface area contributed by atoms with Crippen LogP contribution < -0.4 is 5.73 Å². The first kappa shape index (κ1) is 11.3. The van der Waals surface area contributed by atoms with Gasteiger partial charge in [0.1, 0.15) is 5.82 Å². The van der Waals surface area contributed by atoms with Gasteiger partial charge >= 0.3 is 0 Å². The van der Waals surface area contributed by atoms with Crippen molar-refractivity contribution >= 4 is 0 Å². The Kier molecular flexibility index (Phi) is 3.10. The number of aromatic hydroxyl groups is 1. The molecule has 2 nitrogen and oxygen atoms in total. The Balaban J connectivity index is 2.34. The third-order valence-corrected chi connectivity index (χ3v) is 3.36. The molecule has 0 spiro atoms. The van der Waals surface area contributed by atoms with Gasteiger partial charge in [-0.2, -0.15) is 0 Å². The lowest BCUT2D eigenvalue weighted by Gasteiger charge is -2.20. The highest BCUT2D eigenvalue weighted by atomic mass is 19.1. The monoisotopic (exact) mass is 227 g/mol. The van der Waals surface area contributed by atoms with Gasteiger partial charge in [-0.3, -0.25) is 0 Å². The molecule has 0 aliphatic heterocycles. The van der Waals surface area contributed by atoms with Crippen molar-refractivity contribution in [3.8, 4) is 5.75 Å². The Morgan fingerprint density at radius 3 is 2.38 bits per heavy atom. The van der Waals surface area contributed by atoms with Crippen molar-refractivity contribution in [2.45, 2.75) is 31.7 Å². The minimum atomic E-state index is -0.815. The average molecular weight is 227 g/mol. The molecule has 16 heavy (non-hydrogen) atoms. The van der Waals surface area contributed by atoms with Crippen LogP contribution in [0.2, 0.25) is 0 Å². The number of benzene rings is 1. The summed E-state index contributed by atoms with van der Waals surface area (Å²) in [6.45, 7) is 0. The van der Waals surface area contributed by atoms with E-state index in [2.05, 4.69) is 0 Å². The number of halogens is 2. The summed E-state index contributed by atoms with van der Waals surface area (Å²) in [5.74, 6) is -1.94. The van der Waals surface area contributed by atoms with E-state index in [1.165, 1.54) is 0 Å². The number of hydrogen-bond donors (Lipinski definition) is 2. The average Bonchev–Trinajstić information content (AvgIpc) is 2.77. The summed E-state index contributed by atoms with van der Waals surface area (Å²) in [7, 11) is 0. The minimum Gasteiger partial charge on any atom is -0.505 e. The molecule has 2 rings (SSSR count). The molecule has 1 aliphatic carbocycles. The van der Waals surface area contributed by atoms with Gasteiger partial charge in [-0.1, -0.05) is 12.8 Å². The number of nitrogens with two attached hydrogens (primary N) is 1. The Bertz CT molecular complexity index is 389. The van der Waals surface area contributed by atoms with E-state index in [-0.39, 0.29) is 11.5 Å². The van der Waals surface area contributed by atoms with Crippen LogP contribution >= 0.6 is 0 Å². The van der Waals surface area contributed by atoms with Crippen molar-refractivity contribution < 1.29 is 13.9 Å². The molecule has 0 amide bonds. The van der Waals surface area contributed by atoms with Crippen molar-refractivity contribution in [2.24, 2.45) is 11.7 Å². The van der Waals surface area contributed by atoms with Crippen LogP contribution in [0.4, 0.5) is 8.78 Å². The van der Waals surface area contributed by atoms with Crippen molar-refractivity contribution in [3.63, 3.8) is 0 Å². The highest BCUT2D eigenvalue weighted by molar-refractivity contribution is 5.37. The van der Waals surface area contributed by atoms with E-state index in [1.807, 2.05) is 0 Å². The molecule has 1 saturated carbocycles. The molecule has 88 valence electrons. The van der Waals surface area contributed by atoms with Gasteiger partial charge in [-0.05, 0) is 30.9 Å². The number of rotatable bonds is 2. The van der Waals surface area contributed by atoms with Gasteiger partial charge in [0.25, 0.3) is 0 Å². The van der Waals surface area contributed by atoms with Crippen LogP contribution in [0.1, 0.15) is 37.3 Å². The lowest BCUT2D eigenvalue weighted by atomic mass is 9.91. The van der Waals surface area contributed by atoms with E-state index in [1.54, 1.807) is 0 Å². The summed E-state index contributed by atoms with van der Waals surface area (Å²) in [5.41, 5.74) is 5.83. The normalized spacial score (nSPS) is 18.9. The first-order chi connectivity index (χ1) is 7.61. The molecular formula is C12H15F2NO. The van der Waals surface area contributed by atoms with Crippen LogP contribution in [0.3, 0.4) is 0 Å². The molecule has 0 unspecified atom stereocenters. The van der Waals surface area contributed by atoms with E-state index < -0.39 is 23.4 Å². The second-order valence-electron chi connectivity index (χ2n) is 4.36. The fraction of sp³-hybridized carbons (Fsp3) is 0.500. The fourth-order valence-corrected chi connectivity index (χ4v) is 2.43. The second kappa shape index (κ2) is 4.37. The van der Waals surface area contributed by atoms with Crippen LogP contribution in [0.15, 0.2) is 12.1 Å². The molecule has 1 atom stereocenters. The van der Waals surface area contributed by atoms with Crippen LogP contribution in [0.5, 0.6) is 5.75 Å². The third kappa shape index (κ3) is 1.89. The quantitative estimate of drug-likeness (QED) is 0.816. The zero-order valence-electron chi connectivity index (χ0n) is 8.92. The first-order valence-electron chi connectivity index (χ1n) is 5.53. The zero-order valence-corrected chi connectivity index (χ0v) is 8.92. The summed E-state index contributed by atoms with van der Waals surface area (Å²) in [6.07, 6.45) is 3.96. The summed E-state index contributed by atoms with van der Waals surface area (Å²) >= 11 is 0. The van der Waals surface area contributed by atoms with E-state index in [0.29, 0.717) is 0 Å². The van der Waals surface area contributed by atoms with Gasteiger partial charge in [0, 0.05) is 11.6 Å². The molecule has 1 fully saturated rings. The van der Waals surface area contributed by atoms with Crippen molar-refractivity contribution in [3.05, 3.63) is 29.3 Å². The van der Waals surface area contributed by atoms with Crippen LogP contribution in [0.25, 0.3) is 0 Å². The molecule has 1 aromatic carbocycles. The molecular weight excluding hydrogens is 212 g/mol. The van der Waals surface area contributed by atoms with Crippen molar-refractivity contribution in [1.82, 2.24) is 0 Å². The summed E-state index contributed by atoms with van der Waals surface area (Å²) in [4.78, 5) is 0. The van der Waals surface area contributed by atoms with Crippen molar-refractivity contribution in [2.75, 3.05) is 0 Å². The smallest absolute Gasteiger partial charge is 0.165 e. The van der Waals surface area contributed by atoms with E-state index in [0.717, 1.165) is 37.8 Å². The molecule has 0 aromatic heterocycles. The summed E-state index contributed by atoms with van der Waals surface area (Å²) < 4.78 is 26.7. The lowest BCUT2D eigenvalue weighted by molar-refractivity contribution is 0.377. The number of hydrogen-bond acceptors (Lipinski definition) is 2. The number of phenolic OH excluding ortho intramolecular Hbond substituents is 1. The molecule has 1 aliphatic rings. The molecule has 0 saturated heterocycles. The van der Waals surface area contributed by atoms with Gasteiger partial charge < -0.3 is 10.8 Å². The van der Waals surface area contributed by atoms with Gasteiger partial charge in [0.05, 0.1) is 0 Å². The molecule has 1 aromatic rings. The third-order valence-electron chi connectivity index (χ3n) is 3.36. The molecule has 3 N–H and O–H groups in total. The van der Waals surface area contributed by atoms with E-state index in [9.17, 15) is 13.9 Å². The van der Waals surface area contributed by atoms with Gasteiger partial charge in [0.2, 0.25) is 0 Å². The summed E-state index contributed by atoms with van der Waals surface area (Å²) in [6, 6.07) is 1.31. The SMILES string of the molecule is N[C@H](c1c(F)ccc(F)c1O)C1CCCC1. The zero-order chi connectivity index (χ0) is 11.7. The molecule has 0 heterocycles. The predicted octanol–water partition coefficient (Wildman–Crippen LogP) is 2.86. The maximum Gasteiger partial charge on any atom is 0.165 e.